The second-order valence-corrected chi connectivity index (χ2v) is 12.4. The number of phenols is 3. The summed E-state index contributed by atoms with van der Waals surface area (Å²) in [5.41, 5.74) is 10.3. The number of nitrogens with one attached hydrogen (secondary N) is 4. The largest absolute Gasteiger partial charge is 0.508 e. The van der Waals surface area contributed by atoms with Crippen LogP contribution in [0.3, 0.4) is 0 Å². The van der Waals surface area contributed by atoms with Crippen LogP contribution >= 0.6 is 0 Å². The Hall–Kier alpha value is -4.48. The molecule has 4 aliphatic heterocycles. The van der Waals surface area contributed by atoms with Crippen molar-refractivity contribution in [3.63, 3.8) is 0 Å². The Kier molecular flexibility index (Phi) is 13.0. The van der Waals surface area contributed by atoms with Gasteiger partial charge < -0.3 is 50.8 Å². The van der Waals surface area contributed by atoms with Gasteiger partial charge in [-0.2, -0.15) is 0 Å². The van der Waals surface area contributed by atoms with Crippen LogP contribution in [0.5, 0.6) is 34.5 Å². The van der Waals surface area contributed by atoms with Crippen molar-refractivity contribution in [2.24, 2.45) is 0 Å². The molecule has 0 fully saturated rings. The lowest BCUT2D eigenvalue weighted by Crippen LogP contribution is -2.23. The predicted octanol–water partition coefficient (Wildman–Crippen LogP) is 4.47. The summed E-state index contributed by atoms with van der Waals surface area (Å²) >= 11 is 0. The molecule has 0 aliphatic carbocycles. The fourth-order valence-electron chi connectivity index (χ4n) is 6.36. The summed E-state index contributed by atoms with van der Waals surface area (Å²) in [6.45, 7) is 7.74. The Morgan fingerprint density at radius 1 is 0.429 bits per heavy atom. The van der Waals surface area contributed by atoms with Gasteiger partial charge in [-0.1, -0.05) is 12.1 Å². The molecule has 0 saturated heterocycles. The number of fused-ring (bicyclic) bond motifs is 4. The highest BCUT2D eigenvalue weighted by Gasteiger charge is 2.14. The van der Waals surface area contributed by atoms with E-state index in [9.17, 15) is 10.2 Å². The van der Waals surface area contributed by atoms with E-state index < -0.39 is 0 Å². The third kappa shape index (κ3) is 9.79. The molecule has 0 atom stereocenters. The average molecular weight is 671 g/mol. The van der Waals surface area contributed by atoms with Gasteiger partial charge in [0.2, 0.25) is 0 Å². The van der Waals surface area contributed by atoms with Crippen LogP contribution in [-0.4, -0.2) is 62.8 Å². The summed E-state index contributed by atoms with van der Waals surface area (Å²) in [6, 6.07) is 19.3. The smallest absolute Gasteiger partial charge is 0.161 e. The molecule has 10 nitrogen and oxygen atoms in total. The molecule has 0 spiro atoms. The normalized spacial score (nSPS) is 15.4. The third-order valence-corrected chi connectivity index (χ3v) is 9.15. The predicted molar refractivity (Wildman–Crippen MR) is 192 cm³/mol. The first-order valence-electron chi connectivity index (χ1n) is 17.0. The van der Waals surface area contributed by atoms with Gasteiger partial charge in [0, 0.05) is 26.2 Å². The van der Waals surface area contributed by atoms with Crippen LogP contribution < -0.4 is 35.5 Å². The van der Waals surface area contributed by atoms with Crippen LogP contribution in [0, 0.1) is 0 Å². The number of methoxy groups -OCH3 is 3. The molecule has 4 aromatic carbocycles. The molecule has 10 heteroatoms. The molecular formula is C39H50N4O6. The van der Waals surface area contributed by atoms with Crippen LogP contribution in [0.2, 0.25) is 0 Å². The van der Waals surface area contributed by atoms with Gasteiger partial charge in [-0.3, -0.25) is 0 Å². The van der Waals surface area contributed by atoms with E-state index in [1.54, 1.807) is 39.5 Å². The molecule has 0 aromatic heterocycles. The number of phenolic OH excluding ortho intramolecular Hbond substituents is 3. The zero-order chi connectivity index (χ0) is 34.6. The molecule has 8 rings (SSSR count). The van der Waals surface area contributed by atoms with Crippen LogP contribution in [0.15, 0.2) is 60.7 Å². The highest BCUT2D eigenvalue weighted by atomic mass is 16.5. The fourth-order valence-corrected chi connectivity index (χ4v) is 6.36. The van der Waals surface area contributed by atoms with Crippen molar-refractivity contribution in [2.75, 3.05) is 47.5 Å². The summed E-state index contributed by atoms with van der Waals surface area (Å²) in [6.07, 6.45) is 4.13. The first-order chi connectivity index (χ1) is 23.9. The maximum atomic E-state index is 9.20. The average Bonchev–Trinajstić information content (AvgIpc) is 3.15. The Balaban J connectivity index is 0.000000128. The van der Waals surface area contributed by atoms with Gasteiger partial charge in [0.1, 0.15) is 11.5 Å². The number of benzene rings is 4. The third-order valence-electron chi connectivity index (χ3n) is 9.15. The highest BCUT2D eigenvalue weighted by Crippen LogP contribution is 2.32. The van der Waals surface area contributed by atoms with Crippen molar-refractivity contribution in [1.82, 2.24) is 21.3 Å². The standard InChI is InChI=1S/C11H15NO2.C10H13NO.C9H11NO2.C9H11NO/c1-13-10-5-8-3-4-12-7-9(8)6-11(10)14-2;1-12-10-3-2-9-7-11-5-4-8(9)6-10;11-8-3-6-1-2-10-5-7(6)4-9(8)12;11-9-2-1-8-6-10-4-3-7(8)5-9/h5-6,12H,3-4,7H2,1-2H3;2-3,6,11H,4-5,7H2,1H3;3-4,10-12H,1-2,5H2;1-2,5,10-11H,3-4,6H2. The maximum Gasteiger partial charge on any atom is 0.161 e. The van der Waals surface area contributed by atoms with Crippen molar-refractivity contribution >= 4 is 0 Å². The Bertz CT molecular complexity index is 1620. The van der Waals surface area contributed by atoms with E-state index in [0.29, 0.717) is 5.75 Å². The zero-order valence-corrected chi connectivity index (χ0v) is 28.8. The number of aromatic hydroxyl groups is 3. The van der Waals surface area contributed by atoms with Gasteiger partial charge in [0.25, 0.3) is 0 Å². The van der Waals surface area contributed by atoms with Gasteiger partial charge >= 0.3 is 0 Å². The van der Waals surface area contributed by atoms with Crippen LogP contribution in [0.4, 0.5) is 0 Å². The van der Waals surface area contributed by atoms with E-state index in [4.69, 9.17) is 19.3 Å². The summed E-state index contributed by atoms with van der Waals surface area (Å²) < 4.78 is 15.7. The zero-order valence-electron chi connectivity index (χ0n) is 28.8. The molecule has 4 aromatic rings. The lowest BCUT2D eigenvalue weighted by Gasteiger charge is -2.19. The fraction of sp³-hybridized carbons (Fsp3) is 0.385. The lowest BCUT2D eigenvalue weighted by molar-refractivity contribution is 0.353. The van der Waals surface area contributed by atoms with Gasteiger partial charge in [0.05, 0.1) is 21.3 Å². The molecule has 0 radical (unpaired) electrons. The number of hydrogen-bond acceptors (Lipinski definition) is 10. The van der Waals surface area contributed by atoms with Crippen molar-refractivity contribution in [1.29, 1.82) is 0 Å². The Morgan fingerprint density at radius 2 is 0.837 bits per heavy atom. The molecule has 7 N–H and O–H groups in total. The van der Waals surface area contributed by atoms with Gasteiger partial charge in [-0.25, -0.2) is 0 Å². The Morgan fingerprint density at radius 3 is 1.37 bits per heavy atom. The van der Waals surface area contributed by atoms with Gasteiger partial charge in [-0.15, -0.1) is 0 Å². The molecule has 262 valence electrons. The van der Waals surface area contributed by atoms with E-state index in [-0.39, 0.29) is 11.5 Å². The van der Waals surface area contributed by atoms with E-state index in [2.05, 4.69) is 45.5 Å². The van der Waals surface area contributed by atoms with Crippen molar-refractivity contribution in [3.05, 3.63) is 105 Å². The van der Waals surface area contributed by atoms with E-state index in [1.807, 2.05) is 18.2 Å². The molecule has 0 amide bonds. The summed E-state index contributed by atoms with van der Waals surface area (Å²) in [7, 11) is 5.05. The first kappa shape index (κ1) is 35.8. The molecule has 0 bridgehead atoms. The van der Waals surface area contributed by atoms with Crippen molar-refractivity contribution in [3.8, 4) is 34.5 Å². The van der Waals surface area contributed by atoms with Gasteiger partial charge in [0.15, 0.2) is 23.0 Å². The minimum atomic E-state index is -0.0301. The molecule has 0 unspecified atom stereocenters. The van der Waals surface area contributed by atoms with Crippen LogP contribution in [0.1, 0.15) is 44.5 Å². The summed E-state index contributed by atoms with van der Waals surface area (Å²) in [5, 5.41) is 40.7. The summed E-state index contributed by atoms with van der Waals surface area (Å²) in [5.74, 6) is 2.94. The number of ether oxygens (including phenoxy) is 3. The Labute approximate surface area is 289 Å². The van der Waals surface area contributed by atoms with Crippen LogP contribution in [-0.2, 0) is 51.9 Å². The van der Waals surface area contributed by atoms with E-state index in [0.717, 1.165) is 106 Å². The SMILES string of the molecule is COc1cc2c(cc1OC)CNCC2.COc1ccc2c(c1)CCNC2.Oc1cc2c(cc1O)CNCC2.Oc1ccc2c(c1)CCNC2. The summed E-state index contributed by atoms with van der Waals surface area (Å²) in [4.78, 5) is 0. The van der Waals surface area contributed by atoms with E-state index >= 15 is 0 Å². The highest BCUT2D eigenvalue weighted by molar-refractivity contribution is 5.48. The number of rotatable bonds is 3. The minimum absolute atomic E-state index is 0.0179. The molecule has 4 aliphatic rings. The second kappa shape index (κ2) is 17.8. The lowest BCUT2D eigenvalue weighted by atomic mass is 10.0. The second-order valence-electron chi connectivity index (χ2n) is 12.4. The molecule has 49 heavy (non-hydrogen) atoms. The molecule has 0 saturated carbocycles. The topological polar surface area (TPSA) is 136 Å². The van der Waals surface area contributed by atoms with E-state index in [1.165, 1.54) is 33.4 Å². The van der Waals surface area contributed by atoms with Crippen LogP contribution in [0.25, 0.3) is 0 Å². The quantitative estimate of drug-likeness (QED) is 0.157. The first-order valence-corrected chi connectivity index (χ1v) is 17.0. The van der Waals surface area contributed by atoms with Crippen molar-refractivity contribution < 1.29 is 29.5 Å². The van der Waals surface area contributed by atoms with Gasteiger partial charge in [-0.05, 0) is 145 Å². The molecular weight excluding hydrogens is 620 g/mol. The maximum absolute atomic E-state index is 9.20. The number of hydrogen-bond donors (Lipinski definition) is 7. The minimum Gasteiger partial charge on any atom is -0.508 e. The van der Waals surface area contributed by atoms with Crippen molar-refractivity contribution in [2.45, 2.75) is 51.9 Å². The monoisotopic (exact) mass is 670 g/mol. The molecule has 4 heterocycles.